The van der Waals surface area contributed by atoms with Gasteiger partial charge in [0.1, 0.15) is 10.8 Å². The zero-order valence-corrected chi connectivity index (χ0v) is 19.9. The summed E-state index contributed by atoms with van der Waals surface area (Å²) in [6.45, 7) is 5.96. The van der Waals surface area contributed by atoms with Crippen LogP contribution in [0.4, 0.5) is 18.9 Å². The number of anilines is 1. The van der Waals surface area contributed by atoms with Gasteiger partial charge in [-0.15, -0.1) is 0 Å². The number of carbonyl (C=O) groups is 1. The molecule has 5 nitrogen and oxygen atoms in total. The normalized spacial score (nSPS) is 15.5. The van der Waals surface area contributed by atoms with Crippen LogP contribution in [0.3, 0.4) is 0 Å². The summed E-state index contributed by atoms with van der Waals surface area (Å²) >= 11 is 5.92. The van der Waals surface area contributed by atoms with Gasteiger partial charge in [-0.25, -0.2) is 4.98 Å². The van der Waals surface area contributed by atoms with E-state index in [9.17, 15) is 18.0 Å². The van der Waals surface area contributed by atoms with E-state index in [4.69, 9.17) is 16.3 Å². The van der Waals surface area contributed by atoms with E-state index in [1.165, 1.54) is 5.01 Å². The van der Waals surface area contributed by atoms with E-state index in [1.54, 1.807) is 30.3 Å². The summed E-state index contributed by atoms with van der Waals surface area (Å²) in [7, 11) is 0. The van der Waals surface area contributed by atoms with Crippen molar-refractivity contribution in [3.05, 3.63) is 88.6 Å². The molecule has 1 aromatic heterocycles. The Balaban J connectivity index is 1.58. The number of rotatable bonds is 4. The number of carbonyl (C=O) groups excluding carboxylic acids is 1. The van der Waals surface area contributed by atoms with Crippen LogP contribution in [0.15, 0.2) is 77.5 Å². The molecule has 3 aromatic rings. The number of benzene rings is 2. The third-order valence-corrected chi connectivity index (χ3v) is 5.40. The summed E-state index contributed by atoms with van der Waals surface area (Å²) in [5.41, 5.74) is 1.19. The van der Waals surface area contributed by atoms with Crippen LogP contribution in [0.2, 0.25) is 5.02 Å². The van der Waals surface area contributed by atoms with Gasteiger partial charge in [-0.05, 0) is 42.0 Å². The summed E-state index contributed by atoms with van der Waals surface area (Å²) in [4.78, 5) is 16.9. The third-order valence-electron chi connectivity index (χ3n) is 5.13. The van der Waals surface area contributed by atoms with E-state index >= 15 is 0 Å². The molecule has 0 spiro atoms. The Morgan fingerprint density at radius 1 is 1.00 bits per heavy atom. The average molecular weight is 500 g/mol. The number of ether oxygens (including phenoxy) is 1. The van der Waals surface area contributed by atoms with Gasteiger partial charge in [0.25, 0.3) is 5.91 Å². The van der Waals surface area contributed by atoms with Gasteiger partial charge in [-0.1, -0.05) is 62.7 Å². The number of hydrogen-bond acceptors (Lipinski definition) is 4. The molecule has 35 heavy (non-hydrogen) atoms. The molecule has 1 amide bonds. The van der Waals surface area contributed by atoms with Gasteiger partial charge in [0.15, 0.2) is 0 Å². The lowest BCUT2D eigenvalue weighted by molar-refractivity contribution is -0.137. The molecule has 1 aliphatic heterocycles. The lowest BCUT2D eigenvalue weighted by Crippen LogP contribution is -2.24. The van der Waals surface area contributed by atoms with Crippen molar-refractivity contribution in [1.82, 2.24) is 4.98 Å². The van der Waals surface area contributed by atoms with Crippen LogP contribution >= 0.6 is 11.6 Å². The number of nitrogens with zero attached hydrogens (tertiary/aromatic N) is 3. The van der Waals surface area contributed by atoms with Crippen molar-refractivity contribution >= 4 is 35.0 Å². The number of pyridine rings is 1. The maximum atomic E-state index is 13.2. The zero-order chi connectivity index (χ0) is 25.4. The zero-order valence-electron chi connectivity index (χ0n) is 19.1. The molecule has 2 heterocycles. The van der Waals surface area contributed by atoms with Crippen LogP contribution in [0.25, 0.3) is 6.08 Å². The Hall–Kier alpha value is -3.65. The summed E-state index contributed by atoms with van der Waals surface area (Å²) in [6, 6.07) is 16.6. The highest BCUT2D eigenvalue weighted by Crippen LogP contribution is 2.35. The fourth-order valence-corrected chi connectivity index (χ4v) is 3.61. The molecule has 0 N–H and O–H groups in total. The first-order valence-electron chi connectivity index (χ1n) is 10.6. The molecular weight excluding hydrogens is 479 g/mol. The second kappa shape index (κ2) is 9.19. The SMILES string of the molecule is CC(C)(C)C1=NN(c2ccccc2)C(=O)/C1=C\c1ccc(Oc2ncc(C(F)(F)F)cc2Cl)cc1. The Morgan fingerprint density at radius 2 is 1.66 bits per heavy atom. The molecule has 2 aromatic carbocycles. The Labute approximate surface area is 205 Å². The lowest BCUT2D eigenvalue weighted by Gasteiger charge is -2.18. The van der Waals surface area contributed by atoms with Gasteiger partial charge in [-0.2, -0.15) is 23.3 Å². The molecule has 0 unspecified atom stereocenters. The molecule has 4 rings (SSSR count). The summed E-state index contributed by atoms with van der Waals surface area (Å²) in [5.74, 6) is -0.0470. The Bertz CT molecular complexity index is 1310. The van der Waals surface area contributed by atoms with E-state index in [0.29, 0.717) is 28.9 Å². The van der Waals surface area contributed by atoms with Crippen LogP contribution in [0.1, 0.15) is 31.9 Å². The summed E-state index contributed by atoms with van der Waals surface area (Å²) < 4.78 is 44.0. The highest BCUT2D eigenvalue weighted by Gasteiger charge is 2.37. The molecule has 0 fully saturated rings. The quantitative estimate of drug-likeness (QED) is 0.352. The number of amides is 1. The smallest absolute Gasteiger partial charge is 0.417 e. The van der Waals surface area contributed by atoms with Crippen molar-refractivity contribution in [3.8, 4) is 11.6 Å². The monoisotopic (exact) mass is 499 g/mol. The number of aromatic nitrogens is 1. The van der Waals surface area contributed by atoms with Gasteiger partial charge in [-0.3, -0.25) is 4.79 Å². The van der Waals surface area contributed by atoms with Crippen molar-refractivity contribution in [2.45, 2.75) is 26.9 Å². The molecular formula is C26H21ClF3N3O2. The van der Waals surface area contributed by atoms with Gasteiger partial charge in [0, 0.05) is 11.6 Å². The maximum absolute atomic E-state index is 13.2. The first-order chi connectivity index (χ1) is 16.4. The molecule has 1 aliphatic rings. The number of hydrazone groups is 1. The van der Waals surface area contributed by atoms with Crippen molar-refractivity contribution in [2.75, 3.05) is 5.01 Å². The summed E-state index contributed by atoms with van der Waals surface area (Å²) in [5, 5.41) is 5.74. The first-order valence-corrected chi connectivity index (χ1v) is 11.0. The molecule has 0 aliphatic carbocycles. The second-order valence-electron chi connectivity index (χ2n) is 8.89. The fourth-order valence-electron chi connectivity index (χ4n) is 3.41. The second-order valence-corrected chi connectivity index (χ2v) is 9.30. The molecule has 0 atom stereocenters. The fraction of sp³-hybridized carbons (Fsp3) is 0.192. The minimum absolute atomic E-state index is 0.141. The number of alkyl halides is 3. The number of hydrogen-bond donors (Lipinski definition) is 0. The molecule has 9 heteroatoms. The predicted octanol–water partition coefficient (Wildman–Crippen LogP) is 7.38. The number of halogens is 4. The van der Waals surface area contributed by atoms with E-state index in [2.05, 4.69) is 10.1 Å². The van der Waals surface area contributed by atoms with Crippen LogP contribution in [-0.4, -0.2) is 16.6 Å². The number of para-hydroxylation sites is 1. The minimum Gasteiger partial charge on any atom is -0.438 e. The standard InChI is InChI=1S/C26H21ClF3N3O2/c1-25(2,3)22-20(24(34)33(32-22)18-7-5-4-6-8-18)13-16-9-11-19(12-10-16)35-23-21(27)14-17(15-31-23)26(28,29)30/h4-15H,1-3H3/b20-13-. The van der Waals surface area contributed by atoms with E-state index in [0.717, 1.165) is 11.6 Å². The van der Waals surface area contributed by atoms with Crippen molar-refractivity contribution in [2.24, 2.45) is 10.5 Å². The van der Waals surface area contributed by atoms with Crippen molar-refractivity contribution in [3.63, 3.8) is 0 Å². The van der Waals surface area contributed by atoms with Crippen molar-refractivity contribution < 1.29 is 22.7 Å². The van der Waals surface area contributed by atoms with E-state index in [-0.39, 0.29) is 22.2 Å². The highest BCUT2D eigenvalue weighted by molar-refractivity contribution is 6.34. The first kappa shape index (κ1) is 24.5. The van der Waals surface area contributed by atoms with E-state index in [1.807, 2.05) is 51.1 Å². The largest absolute Gasteiger partial charge is 0.438 e. The molecule has 0 bridgehead atoms. The Kier molecular flexibility index (Phi) is 6.42. The molecule has 0 saturated heterocycles. The molecule has 0 radical (unpaired) electrons. The molecule has 0 saturated carbocycles. The van der Waals surface area contributed by atoms with Crippen LogP contribution in [0, 0.1) is 5.41 Å². The third kappa shape index (κ3) is 5.38. The predicted molar refractivity (Wildman–Crippen MR) is 130 cm³/mol. The van der Waals surface area contributed by atoms with Crippen LogP contribution in [0.5, 0.6) is 11.6 Å². The van der Waals surface area contributed by atoms with Crippen LogP contribution in [-0.2, 0) is 11.0 Å². The topological polar surface area (TPSA) is 54.8 Å². The van der Waals surface area contributed by atoms with E-state index < -0.39 is 11.7 Å². The van der Waals surface area contributed by atoms with Gasteiger partial charge in [0.2, 0.25) is 5.88 Å². The van der Waals surface area contributed by atoms with Gasteiger partial charge >= 0.3 is 6.18 Å². The highest BCUT2D eigenvalue weighted by atomic mass is 35.5. The maximum Gasteiger partial charge on any atom is 0.417 e. The van der Waals surface area contributed by atoms with Gasteiger partial charge in [0.05, 0.1) is 22.5 Å². The van der Waals surface area contributed by atoms with Crippen LogP contribution < -0.4 is 9.75 Å². The van der Waals surface area contributed by atoms with Crippen molar-refractivity contribution in [1.29, 1.82) is 0 Å². The van der Waals surface area contributed by atoms with Gasteiger partial charge < -0.3 is 4.74 Å². The summed E-state index contributed by atoms with van der Waals surface area (Å²) in [6.07, 6.45) is -2.13. The lowest BCUT2D eigenvalue weighted by atomic mass is 9.85. The average Bonchev–Trinajstić information content (AvgIpc) is 3.13. The molecule has 180 valence electrons. The Morgan fingerprint density at radius 3 is 2.23 bits per heavy atom. The minimum atomic E-state index is -4.55.